The van der Waals surface area contributed by atoms with Crippen molar-refractivity contribution in [2.24, 2.45) is 0 Å². The van der Waals surface area contributed by atoms with Gasteiger partial charge in [0.15, 0.2) is 10.3 Å². The number of hydrogen-bond donors (Lipinski definition) is 1. The molecule has 13 heavy (non-hydrogen) atoms. The van der Waals surface area contributed by atoms with Gasteiger partial charge in [-0.15, -0.1) is 0 Å². The van der Waals surface area contributed by atoms with Gasteiger partial charge < -0.3 is 4.55 Å². The highest BCUT2D eigenvalue weighted by Gasteiger charge is 1.93. The van der Waals surface area contributed by atoms with Crippen LogP contribution in [-0.4, -0.2) is 19.5 Å². The molecule has 0 radical (unpaired) electrons. The topological polar surface area (TPSA) is 69.2 Å². The second kappa shape index (κ2) is 7.29. The summed E-state index contributed by atoms with van der Waals surface area (Å²) in [6.07, 6.45) is 6.49. The maximum atomic E-state index is 10.1. The molecule has 0 unspecified atom stereocenters. The molecule has 4 nitrogen and oxygen atoms in total. The molecule has 0 spiro atoms. The molecule has 0 aliphatic rings. The van der Waals surface area contributed by atoms with Gasteiger partial charge in [0.25, 0.3) is 0 Å². The lowest BCUT2D eigenvalue weighted by atomic mass is 10.1. The minimum Gasteiger partial charge on any atom is -0.735 e. The Morgan fingerprint density at radius 1 is 1.08 bits per heavy atom. The second-order valence-electron chi connectivity index (χ2n) is 3.12. The minimum absolute atomic E-state index is 0.276. The van der Waals surface area contributed by atoms with Crippen molar-refractivity contribution in [3.8, 4) is 0 Å². The zero-order valence-corrected chi connectivity index (χ0v) is 8.90. The molecule has 0 aliphatic carbocycles. The van der Waals surface area contributed by atoms with Crippen LogP contribution >= 0.6 is 0 Å². The van der Waals surface area contributed by atoms with Gasteiger partial charge >= 0.3 is 0 Å². The molecule has 0 aromatic heterocycles. The molecule has 0 amide bonds. The molecule has 0 saturated heterocycles. The number of unbranched alkanes of at least 4 members (excludes halogenated alkanes) is 5. The van der Waals surface area contributed by atoms with E-state index >= 15 is 0 Å². The van der Waals surface area contributed by atoms with Crippen molar-refractivity contribution >= 4 is 10.3 Å². The number of rotatable bonds is 8. The molecule has 80 valence electrons. The summed E-state index contributed by atoms with van der Waals surface area (Å²) in [6.45, 7) is 2.42. The van der Waals surface area contributed by atoms with Crippen LogP contribution < -0.4 is 4.72 Å². The molecule has 0 aromatic carbocycles. The van der Waals surface area contributed by atoms with Gasteiger partial charge in [0, 0.05) is 6.54 Å². The average Bonchev–Trinajstić information content (AvgIpc) is 2.01. The molecular formula is C8H18NO3S-. The maximum Gasteiger partial charge on any atom is 0.159 e. The minimum atomic E-state index is -4.22. The summed E-state index contributed by atoms with van der Waals surface area (Å²) in [5, 5.41) is 0. The van der Waals surface area contributed by atoms with Gasteiger partial charge in [-0.2, -0.15) is 0 Å². The quantitative estimate of drug-likeness (QED) is 0.484. The predicted octanol–water partition coefficient (Wildman–Crippen LogP) is 1.40. The highest BCUT2D eigenvalue weighted by molar-refractivity contribution is 7.83. The fraction of sp³-hybridized carbons (Fsp3) is 1.00. The highest BCUT2D eigenvalue weighted by Crippen LogP contribution is 2.03. The summed E-state index contributed by atoms with van der Waals surface area (Å²) in [6, 6.07) is 0. The van der Waals surface area contributed by atoms with Crippen LogP contribution in [0.25, 0.3) is 0 Å². The smallest absolute Gasteiger partial charge is 0.159 e. The third kappa shape index (κ3) is 11.9. The molecule has 0 aliphatic heterocycles. The van der Waals surface area contributed by atoms with Crippen molar-refractivity contribution in [3.05, 3.63) is 0 Å². The van der Waals surface area contributed by atoms with Crippen LogP contribution in [0.3, 0.4) is 0 Å². The lowest BCUT2D eigenvalue weighted by Gasteiger charge is -2.07. The van der Waals surface area contributed by atoms with E-state index in [2.05, 4.69) is 6.92 Å². The molecule has 5 heteroatoms. The summed E-state index contributed by atoms with van der Waals surface area (Å²) in [7, 11) is -4.22. The molecule has 1 N–H and O–H groups in total. The Labute approximate surface area is 80.6 Å². The summed E-state index contributed by atoms with van der Waals surface area (Å²) in [4.78, 5) is 0. The van der Waals surface area contributed by atoms with E-state index in [0.717, 1.165) is 19.3 Å². The van der Waals surface area contributed by atoms with E-state index < -0.39 is 10.3 Å². The van der Waals surface area contributed by atoms with Crippen LogP contribution in [0.15, 0.2) is 0 Å². The van der Waals surface area contributed by atoms with Crippen molar-refractivity contribution in [1.29, 1.82) is 0 Å². The Kier molecular flexibility index (Phi) is 7.22. The van der Waals surface area contributed by atoms with Gasteiger partial charge in [-0.3, -0.25) is 0 Å². The lowest BCUT2D eigenvalue weighted by Crippen LogP contribution is -2.23. The average molecular weight is 208 g/mol. The van der Waals surface area contributed by atoms with Crippen molar-refractivity contribution in [1.82, 2.24) is 4.72 Å². The molecular weight excluding hydrogens is 190 g/mol. The van der Waals surface area contributed by atoms with Crippen molar-refractivity contribution in [3.63, 3.8) is 0 Å². The van der Waals surface area contributed by atoms with E-state index in [1.807, 2.05) is 4.72 Å². The lowest BCUT2D eigenvalue weighted by molar-refractivity contribution is 0.446. The predicted molar refractivity (Wildman–Crippen MR) is 51.1 cm³/mol. The van der Waals surface area contributed by atoms with Crippen molar-refractivity contribution in [2.45, 2.75) is 45.4 Å². The normalized spacial score (nSPS) is 11.8. The fourth-order valence-corrected chi connectivity index (χ4v) is 1.50. The first kappa shape index (κ1) is 12.9. The second-order valence-corrected chi connectivity index (χ2v) is 4.31. The fourth-order valence-electron chi connectivity index (χ4n) is 1.10. The van der Waals surface area contributed by atoms with Gasteiger partial charge in [-0.25, -0.2) is 13.1 Å². The molecule has 0 heterocycles. The van der Waals surface area contributed by atoms with E-state index in [9.17, 15) is 13.0 Å². The van der Waals surface area contributed by atoms with Gasteiger partial charge in [-0.1, -0.05) is 39.0 Å². The Balaban J connectivity index is 3.09. The van der Waals surface area contributed by atoms with Crippen LogP contribution in [0.4, 0.5) is 0 Å². The Morgan fingerprint density at radius 2 is 1.62 bits per heavy atom. The zero-order valence-electron chi connectivity index (χ0n) is 8.08. The van der Waals surface area contributed by atoms with Gasteiger partial charge in [-0.05, 0) is 6.42 Å². The van der Waals surface area contributed by atoms with Crippen molar-refractivity contribution < 1.29 is 13.0 Å². The largest absolute Gasteiger partial charge is 0.735 e. The summed E-state index contributed by atoms with van der Waals surface area (Å²) < 4.78 is 32.2. The molecule has 0 rings (SSSR count). The Morgan fingerprint density at radius 3 is 2.15 bits per heavy atom. The SMILES string of the molecule is CCCCCCCCNS(=O)(=O)[O-]. The third-order valence-corrected chi connectivity index (χ3v) is 2.37. The summed E-state index contributed by atoms with van der Waals surface area (Å²) in [5.41, 5.74) is 0. The van der Waals surface area contributed by atoms with Gasteiger partial charge in [0.2, 0.25) is 0 Å². The highest BCUT2D eigenvalue weighted by atomic mass is 32.2. The van der Waals surface area contributed by atoms with E-state index in [1.54, 1.807) is 0 Å². The zero-order chi connectivity index (χ0) is 10.2. The first-order valence-corrected chi connectivity index (χ1v) is 6.17. The van der Waals surface area contributed by atoms with Gasteiger partial charge in [0.05, 0.1) is 0 Å². The van der Waals surface area contributed by atoms with Gasteiger partial charge in [0.1, 0.15) is 0 Å². The maximum absolute atomic E-state index is 10.1. The third-order valence-electron chi connectivity index (χ3n) is 1.81. The standard InChI is InChI=1S/C8H19NO3S/c1-2-3-4-5-6-7-8-9-13(10,11)12/h9H,2-8H2,1H3,(H,10,11,12)/p-1. The molecule has 0 aromatic rings. The molecule has 0 saturated carbocycles. The molecule has 0 atom stereocenters. The van der Waals surface area contributed by atoms with Crippen LogP contribution in [0.5, 0.6) is 0 Å². The Hall–Kier alpha value is -0.130. The first-order valence-electron chi connectivity index (χ1n) is 4.76. The summed E-state index contributed by atoms with van der Waals surface area (Å²) in [5.74, 6) is 0. The van der Waals surface area contributed by atoms with E-state index in [1.165, 1.54) is 19.3 Å². The van der Waals surface area contributed by atoms with Crippen LogP contribution in [0, 0.1) is 0 Å². The van der Waals surface area contributed by atoms with E-state index in [4.69, 9.17) is 0 Å². The summed E-state index contributed by atoms with van der Waals surface area (Å²) >= 11 is 0. The molecule has 0 fully saturated rings. The van der Waals surface area contributed by atoms with Crippen LogP contribution in [0.1, 0.15) is 45.4 Å². The monoisotopic (exact) mass is 208 g/mol. The molecule has 0 bridgehead atoms. The number of nitrogens with one attached hydrogen (secondary N) is 1. The van der Waals surface area contributed by atoms with Crippen LogP contribution in [-0.2, 0) is 10.3 Å². The van der Waals surface area contributed by atoms with E-state index in [0.29, 0.717) is 0 Å². The van der Waals surface area contributed by atoms with E-state index in [-0.39, 0.29) is 6.54 Å². The van der Waals surface area contributed by atoms with Crippen molar-refractivity contribution in [2.75, 3.05) is 6.54 Å². The number of hydrogen-bond acceptors (Lipinski definition) is 3. The first-order chi connectivity index (χ1) is 6.06. The Bertz CT molecular complexity index is 201. The van der Waals surface area contributed by atoms with Crippen LogP contribution in [0.2, 0.25) is 0 Å².